The van der Waals surface area contributed by atoms with Crippen LogP contribution >= 0.6 is 0 Å². The number of hydrogen-bond acceptors (Lipinski definition) is 2. The Bertz CT molecular complexity index is 352. The molecule has 3 aliphatic rings. The van der Waals surface area contributed by atoms with Gasteiger partial charge in [-0.2, -0.15) is 0 Å². The minimum Gasteiger partial charge on any atom is -0.480 e. The summed E-state index contributed by atoms with van der Waals surface area (Å²) in [5, 5.41) is 9.50. The van der Waals surface area contributed by atoms with Gasteiger partial charge < -0.3 is 5.11 Å². The van der Waals surface area contributed by atoms with Gasteiger partial charge in [0.05, 0.1) is 0 Å². The zero-order valence-corrected chi connectivity index (χ0v) is 10.9. The van der Waals surface area contributed by atoms with Crippen LogP contribution in [0.15, 0.2) is 12.2 Å². The standard InChI is InChI=1S/C15H23NO2/c17-15(18)14-10-11-6-4-5-9-13(11)16(14)12-7-2-1-3-8-12/h2,7,11-14H,1,3-6,8-10H2,(H,17,18). The normalized spacial score (nSPS) is 40.7. The fourth-order valence-electron chi connectivity index (χ4n) is 4.24. The van der Waals surface area contributed by atoms with E-state index in [1.54, 1.807) is 0 Å². The Kier molecular flexibility index (Phi) is 3.42. The lowest BCUT2D eigenvalue weighted by atomic mass is 9.84. The summed E-state index contributed by atoms with van der Waals surface area (Å²) in [7, 11) is 0. The maximum Gasteiger partial charge on any atom is 0.320 e. The number of fused-ring (bicyclic) bond motifs is 1. The van der Waals surface area contributed by atoms with Crippen LogP contribution in [0.1, 0.15) is 51.4 Å². The second-order valence-electron chi connectivity index (χ2n) is 6.08. The molecule has 0 aromatic carbocycles. The van der Waals surface area contributed by atoms with E-state index in [4.69, 9.17) is 0 Å². The highest BCUT2D eigenvalue weighted by Crippen LogP contribution is 2.42. The summed E-state index contributed by atoms with van der Waals surface area (Å²) in [6, 6.07) is 0.686. The fourth-order valence-corrected chi connectivity index (χ4v) is 4.24. The molecule has 3 rings (SSSR count). The summed E-state index contributed by atoms with van der Waals surface area (Å²) >= 11 is 0. The van der Waals surface area contributed by atoms with Crippen LogP contribution in [-0.4, -0.2) is 34.1 Å². The minimum atomic E-state index is -0.608. The predicted molar refractivity (Wildman–Crippen MR) is 70.4 cm³/mol. The fraction of sp³-hybridized carbons (Fsp3) is 0.800. The van der Waals surface area contributed by atoms with Crippen molar-refractivity contribution in [3.05, 3.63) is 12.2 Å². The summed E-state index contributed by atoms with van der Waals surface area (Å²) in [6.07, 6.45) is 13.9. The van der Waals surface area contributed by atoms with Gasteiger partial charge in [0.15, 0.2) is 0 Å². The van der Waals surface area contributed by atoms with E-state index in [1.807, 2.05) is 0 Å². The Morgan fingerprint density at radius 2 is 2.00 bits per heavy atom. The third-order valence-electron chi connectivity index (χ3n) is 5.03. The molecular formula is C15H23NO2. The highest BCUT2D eigenvalue weighted by molar-refractivity contribution is 5.74. The monoisotopic (exact) mass is 249 g/mol. The van der Waals surface area contributed by atoms with Gasteiger partial charge in [0.25, 0.3) is 0 Å². The van der Waals surface area contributed by atoms with Crippen molar-refractivity contribution in [2.24, 2.45) is 5.92 Å². The van der Waals surface area contributed by atoms with Crippen LogP contribution < -0.4 is 0 Å². The molecule has 1 saturated heterocycles. The smallest absolute Gasteiger partial charge is 0.320 e. The topological polar surface area (TPSA) is 40.5 Å². The van der Waals surface area contributed by atoms with Gasteiger partial charge in [-0.3, -0.25) is 9.69 Å². The molecule has 0 aromatic rings. The second-order valence-corrected chi connectivity index (χ2v) is 6.08. The predicted octanol–water partition coefficient (Wildman–Crippen LogP) is 2.81. The summed E-state index contributed by atoms with van der Waals surface area (Å²) in [4.78, 5) is 13.9. The highest BCUT2D eigenvalue weighted by atomic mass is 16.4. The quantitative estimate of drug-likeness (QED) is 0.765. The van der Waals surface area contributed by atoms with Crippen molar-refractivity contribution in [1.82, 2.24) is 4.90 Å². The number of carbonyl (C=O) groups is 1. The van der Waals surface area contributed by atoms with Crippen molar-refractivity contribution >= 4 is 5.97 Å². The molecule has 100 valence electrons. The van der Waals surface area contributed by atoms with Gasteiger partial charge in [-0.25, -0.2) is 0 Å². The molecule has 3 heteroatoms. The van der Waals surface area contributed by atoms with Crippen molar-refractivity contribution in [2.45, 2.75) is 69.5 Å². The average molecular weight is 249 g/mol. The molecule has 1 N–H and O–H groups in total. The largest absolute Gasteiger partial charge is 0.480 e. The molecule has 3 nitrogen and oxygen atoms in total. The van der Waals surface area contributed by atoms with Gasteiger partial charge in [-0.05, 0) is 44.4 Å². The molecule has 4 atom stereocenters. The van der Waals surface area contributed by atoms with E-state index in [0.29, 0.717) is 18.0 Å². The minimum absolute atomic E-state index is 0.231. The second kappa shape index (κ2) is 5.04. The number of carboxylic acid groups (broad SMARTS) is 1. The SMILES string of the molecule is O=C(O)C1CC2CCCCC2N1C1C=CCCC1. The molecule has 0 spiro atoms. The number of hydrogen-bond donors (Lipinski definition) is 1. The first-order chi connectivity index (χ1) is 8.77. The molecule has 2 aliphatic carbocycles. The number of likely N-dealkylation sites (tertiary alicyclic amines) is 1. The number of aliphatic carboxylic acids is 1. The lowest BCUT2D eigenvalue weighted by molar-refractivity contribution is -0.143. The summed E-state index contributed by atoms with van der Waals surface area (Å²) in [5.41, 5.74) is 0. The van der Waals surface area contributed by atoms with E-state index in [9.17, 15) is 9.90 Å². The Labute approximate surface area is 109 Å². The molecular weight excluding hydrogens is 226 g/mol. The van der Waals surface area contributed by atoms with Gasteiger partial charge in [0.1, 0.15) is 6.04 Å². The van der Waals surface area contributed by atoms with Crippen molar-refractivity contribution in [3.8, 4) is 0 Å². The maximum atomic E-state index is 11.5. The molecule has 1 saturated carbocycles. The molecule has 0 amide bonds. The van der Waals surface area contributed by atoms with Crippen LogP contribution in [0.25, 0.3) is 0 Å². The van der Waals surface area contributed by atoms with E-state index < -0.39 is 5.97 Å². The number of allylic oxidation sites excluding steroid dienone is 1. The van der Waals surface area contributed by atoms with Gasteiger partial charge in [-0.15, -0.1) is 0 Å². The first kappa shape index (κ1) is 12.2. The molecule has 1 aliphatic heterocycles. The molecule has 1 heterocycles. The molecule has 0 bridgehead atoms. The Morgan fingerprint density at radius 1 is 1.17 bits per heavy atom. The Morgan fingerprint density at radius 3 is 2.72 bits per heavy atom. The van der Waals surface area contributed by atoms with Crippen molar-refractivity contribution < 1.29 is 9.90 Å². The van der Waals surface area contributed by atoms with Crippen LogP contribution in [0.2, 0.25) is 0 Å². The number of carboxylic acids is 1. The van der Waals surface area contributed by atoms with Crippen LogP contribution in [0.3, 0.4) is 0 Å². The van der Waals surface area contributed by atoms with Crippen molar-refractivity contribution in [1.29, 1.82) is 0 Å². The first-order valence-electron chi connectivity index (χ1n) is 7.44. The summed E-state index contributed by atoms with van der Waals surface area (Å²) in [6.45, 7) is 0. The van der Waals surface area contributed by atoms with Crippen molar-refractivity contribution in [3.63, 3.8) is 0 Å². The van der Waals surface area contributed by atoms with E-state index >= 15 is 0 Å². The van der Waals surface area contributed by atoms with Gasteiger partial charge in [0, 0.05) is 12.1 Å². The van der Waals surface area contributed by atoms with E-state index in [-0.39, 0.29) is 6.04 Å². The lowest BCUT2D eigenvalue weighted by Crippen LogP contribution is -2.48. The Hall–Kier alpha value is -0.830. The van der Waals surface area contributed by atoms with E-state index in [1.165, 1.54) is 32.1 Å². The lowest BCUT2D eigenvalue weighted by Gasteiger charge is -2.38. The third-order valence-corrected chi connectivity index (χ3v) is 5.03. The molecule has 2 fully saturated rings. The number of rotatable bonds is 2. The third kappa shape index (κ3) is 2.09. The van der Waals surface area contributed by atoms with E-state index in [2.05, 4.69) is 17.1 Å². The highest BCUT2D eigenvalue weighted by Gasteiger charge is 2.47. The summed E-state index contributed by atoms with van der Waals surface area (Å²) < 4.78 is 0. The van der Waals surface area contributed by atoms with Crippen LogP contribution in [0.5, 0.6) is 0 Å². The van der Waals surface area contributed by atoms with Crippen LogP contribution in [0.4, 0.5) is 0 Å². The van der Waals surface area contributed by atoms with Gasteiger partial charge in [0.2, 0.25) is 0 Å². The molecule has 0 radical (unpaired) electrons. The Balaban J connectivity index is 1.84. The van der Waals surface area contributed by atoms with Crippen LogP contribution in [-0.2, 0) is 4.79 Å². The molecule has 18 heavy (non-hydrogen) atoms. The molecule has 0 aromatic heterocycles. The number of nitrogens with zero attached hydrogens (tertiary/aromatic N) is 1. The maximum absolute atomic E-state index is 11.5. The average Bonchev–Trinajstić information content (AvgIpc) is 2.79. The zero-order valence-electron chi connectivity index (χ0n) is 10.9. The summed E-state index contributed by atoms with van der Waals surface area (Å²) in [5.74, 6) is 0.0264. The van der Waals surface area contributed by atoms with Crippen LogP contribution in [0, 0.1) is 5.92 Å². The molecule has 4 unspecified atom stereocenters. The van der Waals surface area contributed by atoms with Crippen molar-refractivity contribution in [2.75, 3.05) is 0 Å². The van der Waals surface area contributed by atoms with Gasteiger partial charge >= 0.3 is 5.97 Å². The zero-order chi connectivity index (χ0) is 12.5. The van der Waals surface area contributed by atoms with Gasteiger partial charge in [-0.1, -0.05) is 25.0 Å². The first-order valence-corrected chi connectivity index (χ1v) is 7.44. The van der Waals surface area contributed by atoms with E-state index in [0.717, 1.165) is 19.3 Å².